The summed E-state index contributed by atoms with van der Waals surface area (Å²) in [5.74, 6) is -0.170. The number of anilines is 1. The Morgan fingerprint density at radius 3 is 2.47 bits per heavy atom. The van der Waals surface area contributed by atoms with Crippen molar-refractivity contribution in [3.63, 3.8) is 0 Å². The van der Waals surface area contributed by atoms with Crippen LogP contribution in [-0.4, -0.2) is 28.6 Å². The quantitative estimate of drug-likeness (QED) is 0.758. The summed E-state index contributed by atoms with van der Waals surface area (Å²) < 4.78 is 51.0. The van der Waals surface area contributed by atoms with Crippen molar-refractivity contribution in [2.75, 3.05) is 4.90 Å². The van der Waals surface area contributed by atoms with Crippen molar-refractivity contribution < 1.29 is 32.2 Å². The summed E-state index contributed by atoms with van der Waals surface area (Å²) in [6.45, 7) is 4.02. The van der Waals surface area contributed by atoms with E-state index in [0.29, 0.717) is 5.56 Å². The lowest BCUT2D eigenvalue weighted by molar-refractivity contribution is -0.272. The molecule has 3 heterocycles. The zero-order valence-electron chi connectivity index (χ0n) is 16.3. The molecule has 1 fully saturated rings. The van der Waals surface area contributed by atoms with Crippen LogP contribution in [-0.2, 0) is 21.7 Å². The number of aromatic nitrogens is 1. The highest BCUT2D eigenvalue weighted by atomic mass is 19.4. The summed E-state index contributed by atoms with van der Waals surface area (Å²) in [4.78, 5) is 29.4. The minimum atomic E-state index is -4.58. The van der Waals surface area contributed by atoms with Crippen LogP contribution in [0.4, 0.5) is 23.7 Å². The van der Waals surface area contributed by atoms with Gasteiger partial charge in [-0.05, 0) is 44.5 Å². The Hall–Kier alpha value is -3.14. The highest BCUT2D eigenvalue weighted by Gasteiger charge is 2.57. The van der Waals surface area contributed by atoms with Gasteiger partial charge in [0.2, 0.25) is 5.88 Å². The smallest absolute Gasteiger partial charge is 0.421 e. The molecule has 0 radical (unpaired) electrons. The first-order chi connectivity index (χ1) is 13.9. The number of hydrogen-bond donors (Lipinski definition) is 1. The number of halogens is 3. The fourth-order valence-electron chi connectivity index (χ4n) is 3.39. The number of rotatable bonds is 3. The SMILES string of the molecule is CC1(C)NC(=O)N(c2ccc(Oc3ccc4c(c3)[C@](C)(C(F)(F)F)OC4)nc2)C1=O. The first-order valence-corrected chi connectivity index (χ1v) is 9.07. The fraction of sp³-hybridized carbons (Fsp3) is 0.350. The summed E-state index contributed by atoms with van der Waals surface area (Å²) in [7, 11) is 0. The van der Waals surface area contributed by atoms with Gasteiger partial charge in [0.15, 0.2) is 5.60 Å². The van der Waals surface area contributed by atoms with Crippen molar-refractivity contribution in [1.29, 1.82) is 0 Å². The Morgan fingerprint density at radius 1 is 1.17 bits per heavy atom. The number of pyridine rings is 1. The van der Waals surface area contributed by atoms with E-state index in [-0.39, 0.29) is 29.5 Å². The van der Waals surface area contributed by atoms with Gasteiger partial charge in [0.05, 0.1) is 18.5 Å². The second-order valence-corrected chi connectivity index (χ2v) is 7.79. The third-order valence-electron chi connectivity index (χ3n) is 5.21. The van der Waals surface area contributed by atoms with E-state index in [4.69, 9.17) is 9.47 Å². The minimum absolute atomic E-state index is 0.00862. The van der Waals surface area contributed by atoms with Crippen LogP contribution < -0.4 is 15.0 Å². The first kappa shape index (κ1) is 20.1. The van der Waals surface area contributed by atoms with Crippen molar-refractivity contribution in [3.8, 4) is 11.6 Å². The van der Waals surface area contributed by atoms with E-state index in [2.05, 4.69) is 10.3 Å². The molecule has 0 saturated carbocycles. The van der Waals surface area contributed by atoms with Crippen LogP contribution in [0.5, 0.6) is 11.6 Å². The van der Waals surface area contributed by atoms with Crippen LogP contribution >= 0.6 is 0 Å². The van der Waals surface area contributed by atoms with Crippen LogP contribution in [0, 0.1) is 0 Å². The average Bonchev–Trinajstić information content (AvgIpc) is 3.10. The van der Waals surface area contributed by atoms with Crippen molar-refractivity contribution >= 4 is 17.6 Å². The number of fused-ring (bicyclic) bond motifs is 1. The van der Waals surface area contributed by atoms with E-state index >= 15 is 0 Å². The summed E-state index contributed by atoms with van der Waals surface area (Å²) in [6.07, 6.45) is -3.29. The Balaban J connectivity index is 1.56. The van der Waals surface area contributed by atoms with Crippen molar-refractivity contribution in [2.24, 2.45) is 0 Å². The molecule has 4 rings (SSSR count). The highest BCUT2D eigenvalue weighted by molar-refractivity contribution is 6.22. The van der Waals surface area contributed by atoms with E-state index < -0.39 is 29.3 Å². The number of nitrogens with zero attached hydrogens (tertiary/aromatic N) is 2. The third-order valence-corrected chi connectivity index (χ3v) is 5.21. The number of ether oxygens (including phenoxy) is 2. The molecule has 0 bridgehead atoms. The Morgan fingerprint density at radius 2 is 1.90 bits per heavy atom. The maximum atomic E-state index is 13.4. The molecule has 1 aromatic heterocycles. The van der Waals surface area contributed by atoms with Crippen molar-refractivity contribution in [1.82, 2.24) is 10.3 Å². The maximum Gasteiger partial charge on any atom is 0.421 e. The van der Waals surface area contributed by atoms with Gasteiger partial charge in [0.25, 0.3) is 5.91 Å². The average molecular weight is 421 g/mol. The molecule has 1 saturated heterocycles. The molecule has 7 nitrogen and oxygen atoms in total. The molecule has 0 aliphatic carbocycles. The molecule has 0 spiro atoms. The van der Waals surface area contributed by atoms with Gasteiger partial charge in [-0.15, -0.1) is 0 Å². The van der Waals surface area contributed by atoms with Gasteiger partial charge in [-0.3, -0.25) is 4.79 Å². The monoisotopic (exact) mass is 421 g/mol. The Labute approximate surface area is 169 Å². The number of alkyl halides is 3. The molecule has 2 aliphatic rings. The second-order valence-electron chi connectivity index (χ2n) is 7.79. The fourth-order valence-corrected chi connectivity index (χ4v) is 3.39. The molecule has 2 aliphatic heterocycles. The van der Waals surface area contributed by atoms with Gasteiger partial charge in [0.1, 0.15) is 11.3 Å². The van der Waals surface area contributed by atoms with Crippen LogP contribution in [0.1, 0.15) is 31.9 Å². The summed E-state index contributed by atoms with van der Waals surface area (Å²) in [6, 6.07) is 6.66. The van der Waals surface area contributed by atoms with Crippen LogP contribution in [0.3, 0.4) is 0 Å². The lowest BCUT2D eigenvalue weighted by atomic mass is 9.93. The molecule has 10 heteroatoms. The van der Waals surface area contributed by atoms with E-state index in [1.54, 1.807) is 13.8 Å². The van der Waals surface area contributed by atoms with Gasteiger partial charge in [-0.25, -0.2) is 14.7 Å². The number of carbonyl (C=O) groups excluding carboxylic acids is 2. The van der Waals surface area contributed by atoms with Gasteiger partial charge in [-0.1, -0.05) is 6.07 Å². The molecule has 1 aromatic carbocycles. The van der Waals surface area contributed by atoms with Gasteiger partial charge in [-0.2, -0.15) is 13.2 Å². The number of imide groups is 1. The number of urea groups is 1. The van der Waals surface area contributed by atoms with E-state index in [9.17, 15) is 22.8 Å². The van der Waals surface area contributed by atoms with Crippen LogP contribution in [0.2, 0.25) is 0 Å². The molecule has 158 valence electrons. The first-order valence-electron chi connectivity index (χ1n) is 9.07. The molecule has 0 unspecified atom stereocenters. The van der Waals surface area contributed by atoms with Gasteiger partial charge >= 0.3 is 12.2 Å². The predicted molar refractivity (Wildman–Crippen MR) is 99.0 cm³/mol. The number of hydrogen-bond acceptors (Lipinski definition) is 5. The zero-order chi connectivity index (χ0) is 21.9. The van der Waals surface area contributed by atoms with Crippen LogP contribution in [0.15, 0.2) is 36.5 Å². The molecule has 1 N–H and O–H groups in total. The van der Waals surface area contributed by atoms with Crippen LogP contribution in [0.25, 0.3) is 0 Å². The largest absolute Gasteiger partial charge is 0.439 e. The van der Waals surface area contributed by atoms with Gasteiger partial charge in [0, 0.05) is 11.6 Å². The Bertz CT molecular complexity index is 1040. The minimum Gasteiger partial charge on any atom is -0.439 e. The standard InChI is InChI=1S/C20H18F3N3O4/c1-18(2)16(27)26(17(28)25-18)12-5-7-15(24-9-12)30-13-6-4-11-10-29-19(3,14(11)8-13)20(21,22)23/h4-9H,10H2,1-3H3,(H,25,28)/t19-/m1/s1. The van der Waals surface area contributed by atoms with Crippen molar-refractivity contribution in [3.05, 3.63) is 47.7 Å². The molecule has 1 atom stereocenters. The third kappa shape index (κ3) is 3.07. The van der Waals surface area contributed by atoms with Gasteiger partial charge < -0.3 is 14.8 Å². The predicted octanol–water partition coefficient (Wildman–Crippen LogP) is 4.02. The molecular formula is C20H18F3N3O4. The topological polar surface area (TPSA) is 80.8 Å². The van der Waals surface area contributed by atoms with Crippen molar-refractivity contribution in [2.45, 2.75) is 44.7 Å². The number of benzene rings is 1. The Kier molecular flexibility index (Phi) is 4.32. The normalized spacial score (nSPS) is 22.8. The summed E-state index contributed by atoms with van der Waals surface area (Å²) in [5.41, 5.74) is -2.75. The molecule has 30 heavy (non-hydrogen) atoms. The summed E-state index contributed by atoms with van der Waals surface area (Å²) in [5, 5.41) is 2.56. The van der Waals surface area contributed by atoms with E-state index in [0.717, 1.165) is 11.8 Å². The maximum absolute atomic E-state index is 13.4. The summed E-state index contributed by atoms with van der Waals surface area (Å²) >= 11 is 0. The lowest BCUT2D eigenvalue weighted by Gasteiger charge is -2.27. The number of amides is 3. The highest BCUT2D eigenvalue weighted by Crippen LogP contribution is 2.48. The number of carbonyl (C=O) groups is 2. The molecular weight excluding hydrogens is 403 g/mol. The lowest BCUT2D eigenvalue weighted by Crippen LogP contribution is -2.40. The molecule has 3 amide bonds. The van der Waals surface area contributed by atoms with E-state index in [1.165, 1.54) is 36.5 Å². The van der Waals surface area contributed by atoms with E-state index in [1.807, 2.05) is 0 Å². The zero-order valence-corrected chi connectivity index (χ0v) is 16.3. The number of nitrogens with one attached hydrogen (secondary N) is 1. The second kappa shape index (κ2) is 6.43. The molecule has 2 aromatic rings.